The largest absolute Gasteiger partial charge is 0.379 e. The molecule has 0 aliphatic carbocycles. The Labute approximate surface area is 156 Å². The molecule has 0 saturated carbocycles. The van der Waals surface area contributed by atoms with Crippen LogP contribution in [-0.2, 0) is 20.7 Å². The molecule has 5 nitrogen and oxygen atoms in total. The molecule has 4 rings (SSSR count). The number of carbonyl (C=O) groups is 1. The summed E-state index contributed by atoms with van der Waals surface area (Å²) in [6.07, 6.45) is 3.71. The van der Waals surface area contributed by atoms with Crippen LogP contribution in [0.4, 0.5) is 0 Å². The third-order valence-corrected chi connectivity index (χ3v) is 6.00. The molecular formula is C21H30N2O3. The van der Waals surface area contributed by atoms with Gasteiger partial charge in [0.25, 0.3) is 0 Å². The van der Waals surface area contributed by atoms with Gasteiger partial charge in [0.2, 0.25) is 5.91 Å². The second-order valence-corrected chi connectivity index (χ2v) is 8.06. The summed E-state index contributed by atoms with van der Waals surface area (Å²) in [5.74, 6) is 0.813. The standard InChI is InChI=1S/C21H30N2O3/c24-20(13-18-5-2-1-3-6-18)23-8-4-7-21(17-23)14-19(16-26-21)15-22-9-11-25-12-10-22/h1-3,5-6,19H,4,7-17H2/t19-,21-/m1/s1. The van der Waals surface area contributed by atoms with Crippen molar-refractivity contribution in [1.82, 2.24) is 9.80 Å². The Morgan fingerprint density at radius 3 is 2.77 bits per heavy atom. The molecule has 0 aromatic heterocycles. The van der Waals surface area contributed by atoms with Gasteiger partial charge in [0, 0.05) is 32.7 Å². The van der Waals surface area contributed by atoms with Gasteiger partial charge >= 0.3 is 0 Å². The fraction of sp³-hybridized carbons (Fsp3) is 0.667. The van der Waals surface area contributed by atoms with E-state index in [0.717, 1.165) is 77.4 Å². The first-order chi connectivity index (χ1) is 12.7. The maximum Gasteiger partial charge on any atom is 0.227 e. The summed E-state index contributed by atoms with van der Waals surface area (Å²) in [6.45, 7) is 7.32. The van der Waals surface area contributed by atoms with E-state index in [4.69, 9.17) is 9.47 Å². The van der Waals surface area contributed by atoms with Gasteiger partial charge in [-0.2, -0.15) is 0 Å². The Kier molecular flexibility index (Phi) is 5.57. The van der Waals surface area contributed by atoms with Gasteiger partial charge in [-0.15, -0.1) is 0 Å². The smallest absolute Gasteiger partial charge is 0.227 e. The predicted molar refractivity (Wildman–Crippen MR) is 100 cm³/mol. The summed E-state index contributed by atoms with van der Waals surface area (Å²) >= 11 is 0. The minimum Gasteiger partial charge on any atom is -0.379 e. The molecule has 1 spiro atoms. The van der Waals surface area contributed by atoms with Gasteiger partial charge in [0.1, 0.15) is 0 Å². The second-order valence-electron chi connectivity index (χ2n) is 8.06. The predicted octanol–water partition coefficient (Wildman–Crippen LogP) is 1.96. The molecular weight excluding hydrogens is 328 g/mol. The van der Waals surface area contributed by atoms with E-state index in [1.165, 1.54) is 0 Å². The molecule has 1 aromatic carbocycles. The van der Waals surface area contributed by atoms with Gasteiger partial charge in [0.05, 0.1) is 31.8 Å². The van der Waals surface area contributed by atoms with Gasteiger partial charge in [0.15, 0.2) is 0 Å². The molecule has 26 heavy (non-hydrogen) atoms. The van der Waals surface area contributed by atoms with Crippen LogP contribution in [0.25, 0.3) is 0 Å². The van der Waals surface area contributed by atoms with E-state index in [1.54, 1.807) is 0 Å². The first kappa shape index (κ1) is 18.0. The number of amides is 1. The third-order valence-electron chi connectivity index (χ3n) is 6.00. The molecule has 3 aliphatic rings. The lowest BCUT2D eigenvalue weighted by Crippen LogP contribution is -2.50. The summed E-state index contributed by atoms with van der Waals surface area (Å²) in [5.41, 5.74) is 0.983. The van der Waals surface area contributed by atoms with Crippen LogP contribution in [0.5, 0.6) is 0 Å². The van der Waals surface area contributed by atoms with Crippen LogP contribution in [0.3, 0.4) is 0 Å². The molecule has 0 bridgehead atoms. The molecule has 1 aromatic rings. The Hall–Kier alpha value is -1.43. The summed E-state index contributed by atoms with van der Waals surface area (Å²) in [4.78, 5) is 17.3. The average Bonchev–Trinajstić information content (AvgIpc) is 3.05. The van der Waals surface area contributed by atoms with Crippen molar-refractivity contribution < 1.29 is 14.3 Å². The van der Waals surface area contributed by atoms with E-state index in [2.05, 4.69) is 4.90 Å². The van der Waals surface area contributed by atoms with E-state index >= 15 is 0 Å². The van der Waals surface area contributed by atoms with Crippen molar-refractivity contribution in [3.63, 3.8) is 0 Å². The fourth-order valence-corrected chi connectivity index (χ4v) is 4.68. The minimum absolute atomic E-state index is 0.110. The molecule has 0 N–H and O–H groups in total. The van der Waals surface area contributed by atoms with Gasteiger partial charge in [-0.25, -0.2) is 0 Å². The quantitative estimate of drug-likeness (QED) is 0.825. The average molecular weight is 358 g/mol. The van der Waals surface area contributed by atoms with Crippen LogP contribution in [0.2, 0.25) is 0 Å². The Morgan fingerprint density at radius 2 is 1.96 bits per heavy atom. The van der Waals surface area contributed by atoms with Gasteiger partial charge in [-0.05, 0) is 30.7 Å². The number of nitrogens with zero attached hydrogens (tertiary/aromatic N) is 2. The van der Waals surface area contributed by atoms with Crippen molar-refractivity contribution in [2.45, 2.75) is 31.3 Å². The maximum atomic E-state index is 12.8. The highest BCUT2D eigenvalue weighted by atomic mass is 16.5. The highest BCUT2D eigenvalue weighted by Gasteiger charge is 2.44. The number of likely N-dealkylation sites (tertiary alicyclic amines) is 1. The zero-order chi connectivity index (χ0) is 17.8. The van der Waals surface area contributed by atoms with E-state index in [0.29, 0.717) is 12.3 Å². The number of piperidine rings is 1. The number of hydrogen-bond donors (Lipinski definition) is 0. The molecule has 3 aliphatic heterocycles. The lowest BCUT2D eigenvalue weighted by molar-refractivity contribution is -0.138. The Bertz CT molecular complexity index is 603. The highest BCUT2D eigenvalue weighted by molar-refractivity contribution is 5.79. The molecule has 2 atom stereocenters. The first-order valence-corrected chi connectivity index (χ1v) is 9.98. The first-order valence-electron chi connectivity index (χ1n) is 9.98. The molecule has 3 fully saturated rings. The highest BCUT2D eigenvalue weighted by Crippen LogP contribution is 2.38. The summed E-state index contributed by atoms with van der Waals surface area (Å²) in [5, 5.41) is 0. The topological polar surface area (TPSA) is 42.0 Å². The number of morpholine rings is 1. The van der Waals surface area contributed by atoms with Gasteiger partial charge in [-0.3, -0.25) is 9.69 Å². The van der Waals surface area contributed by atoms with Crippen molar-refractivity contribution in [1.29, 1.82) is 0 Å². The zero-order valence-corrected chi connectivity index (χ0v) is 15.6. The van der Waals surface area contributed by atoms with Gasteiger partial charge in [-0.1, -0.05) is 30.3 Å². The van der Waals surface area contributed by atoms with Crippen LogP contribution in [-0.4, -0.2) is 73.9 Å². The fourth-order valence-electron chi connectivity index (χ4n) is 4.68. The van der Waals surface area contributed by atoms with Crippen molar-refractivity contribution in [2.75, 3.05) is 52.5 Å². The minimum atomic E-state index is -0.110. The van der Waals surface area contributed by atoms with E-state index in [9.17, 15) is 4.79 Å². The van der Waals surface area contributed by atoms with Crippen LogP contribution in [0.15, 0.2) is 30.3 Å². The van der Waals surface area contributed by atoms with E-state index in [1.807, 2.05) is 35.2 Å². The number of rotatable bonds is 4. The molecule has 0 radical (unpaired) electrons. The second kappa shape index (κ2) is 8.07. The number of carbonyl (C=O) groups excluding carboxylic acids is 1. The lowest BCUT2D eigenvalue weighted by atomic mass is 9.86. The van der Waals surface area contributed by atoms with Crippen LogP contribution in [0.1, 0.15) is 24.8 Å². The number of hydrogen-bond acceptors (Lipinski definition) is 4. The van der Waals surface area contributed by atoms with Crippen molar-refractivity contribution in [3.05, 3.63) is 35.9 Å². The van der Waals surface area contributed by atoms with Crippen LogP contribution >= 0.6 is 0 Å². The van der Waals surface area contributed by atoms with Crippen molar-refractivity contribution >= 4 is 5.91 Å². The van der Waals surface area contributed by atoms with Crippen LogP contribution in [0, 0.1) is 5.92 Å². The van der Waals surface area contributed by atoms with Crippen molar-refractivity contribution in [3.8, 4) is 0 Å². The maximum absolute atomic E-state index is 12.8. The molecule has 3 saturated heterocycles. The number of benzene rings is 1. The summed E-state index contributed by atoms with van der Waals surface area (Å²) in [7, 11) is 0. The Morgan fingerprint density at radius 1 is 1.15 bits per heavy atom. The SMILES string of the molecule is O=C(Cc1ccccc1)N1CCC[C@@]2(C[C@H](CN3CCOCC3)CO2)C1. The molecule has 3 heterocycles. The molecule has 5 heteroatoms. The third kappa shape index (κ3) is 4.27. The zero-order valence-electron chi connectivity index (χ0n) is 15.6. The van der Waals surface area contributed by atoms with E-state index < -0.39 is 0 Å². The summed E-state index contributed by atoms with van der Waals surface area (Å²) < 4.78 is 11.8. The monoisotopic (exact) mass is 358 g/mol. The lowest BCUT2D eigenvalue weighted by Gasteiger charge is -2.40. The Balaban J connectivity index is 1.32. The van der Waals surface area contributed by atoms with Crippen molar-refractivity contribution in [2.24, 2.45) is 5.92 Å². The summed E-state index contributed by atoms with van der Waals surface area (Å²) in [6, 6.07) is 10.0. The number of ether oxygens (including phenoxy) is 2. The molecule has 142 valence electrons. The molecule has 0 unspecified atom stereocenters. The normalized spacial score (nSPS) is 30.0. The van der Waals surface area contributed by atoms with E-state index in [-0.39, 0.29) is 11.5 Å². The van der Waals surface area contributed by atoms with Gasteiger partial charge < -0.3 is 14.4 Å². The van der Waals surface area contributed by atoms with Crippen LogP contribution < -0.4 is 0 Å². The molecule has 1 amide bonds.